The van der Waals surface area contributed by atoms with Gasteiger partial charge in [0.1, 0.15) is 19.3 Å². The van der Waals surface area contributed by atoms with Gasteiger partial charge in [-0.15, -0.1) is 0 Å². The molecule has 1 aliphatic carbocycles. The number of rotatable bonds is 9. The van der Waals surface area contributed by atoms with Crippen molar-refractivity contribution < 1.29 is 29.0 Å². The maximum atomic E-state index is 12.6. The molecule has 2 N–H and O–H groups in total. The van der Waals surface area contributed by atoms with Gasteiger partial charge in [-0.3, -0.25) is 4.79 Å². The number of aliphatic carboxylic acids is 1. The van der Waals surface area contributed by atoms with Crippen LogP contribution in [0.25, 0.3) is 11.1 Å². The lowest BCUT2D eigenvalue weighted by molar-refractivity contribution is -0.148. The second kappa shape index (κ2) is 10.7. The molecule has 1 amide bonds. The molecule has 3 aromatic carbocycles. The zero-order valence-corrected chi connectivity index (χ0v) is 18.5. The largest absolute Gasteiger partial charge is 0.481 e. The third-order valence-corrected chi connectivity index (χ3v) is 5.79. The first-order chi connectivity index (χ1) is 16.5. The molecule has 1 atom stereocenters. The van der Waals surface area contributed by atoms with E-state index in [2.05, 4.69) is 5.32 Å². The molecule has 0 spiro atoms. The lowest BCUT2D eigenvalue weighted by Gasteiger charge is -2.19. The van der Waals surface area contributed by atoms with E-state index in [1.807, 2.05) is 66.7 Å². The smallest absolute Gasteiger partial charge is 0.407 e. The van der Waals surface area contributed by atoms with E-state index in [4.69, 9.17) is 14.6 Å². The number of carbonyl (C=O) groups excluding carboxylic acids is 2. The summed E-state index contributed by atoms with van der Waals surface area (Å²) >= 11 is 0. The van der Waals surface area contributed by atoms with E-state index in [1.54, 1.807) is 12.1 Å². The van der Waals surface area contributed by atoms with Crippen molar-refractivity contribution in [2.45, 2.75) is 31.4 Å². The van der Waals surface area contributed by atoms with Crippen LogP contribution in [0.5, 0.6) is 0 Å². The Balaban J connectivity index is 1.39. The number of alkyl carbamates (subject to hydrolysis) is 1. The Morgan fingerprint density at radius 3 is 2.03 bits per heavy atom. The van der Waals surface area contributed by atoms with Crippen LogP contribution < -0.4 is 5.32 Å². The molecular formula is C27H25NO6. The van der Waals surface area contributed by atoms with Crippen molar-refractivity contribution in [1.82, 2.24) is 5.32 Å². The predicted octanol–water partition coefficient (Wildman–Crippen LogP) is 4.50. The van der Waals surface area contributed by atoms with Crippen molar-refractivity contribution in [2.24, 2.45) is 0 Å². The molecule has 34 heavy (non-hydrogen) atoms. The molecule has 0 heterocycles. The van der Waals surface area contributed by atoms with Crippen molar-refractivity contribution in [2.75, 3.05) is 6.61 Å². The highest BCUT2D eigenvalue weighted by Crippen LogP contribution is 2.44. The number of amides is 1. The van der Waals surface area contributed by atoms with Gasteiger partial charge in [0.25, 0.3) is 0 Å². The third kappa shape index (κ3) is 5.43. The van der Waals surface area contributed by atoms with Crippen LogP contribution in [0.15, 0.2) is 78.9 Å². The molecule has 1 aliphatic rings. The van der Waals surface area contributed by atoms with E-state index >= 15 is 0 Å². The molecule has 0 aliphatic heterocycles. The van der Waals surface area contributed by atoms with Gasteiger partial charge in [0.05, 0.1) is 0 Å². The maximum Gasteiger partial charge on any atom is 0.407 e. The fraction of sp³-hybridized carbons (Fsp3) is 0.222. The summed E-state index contributed by atoms with van der Waals surface area (Å²) in [6, 6.07) is 23.9. The highest BCUT2D eigenvalue weighted by atomic mass is 16.6. The average Bonchev–Trinajstić information content (AvgIpc) is 3.18. The summed E-state index contributed by atoms with van der Waals surface area (Å²) in [5, 5.41) is 11.5. The second-order valence-electron chi connectivity index (χ2n) is 8.05. The fourth-order valence-corrected chi connectivity index (χ4v) is 4.13. The van der Waals surface area contributed by atoms with Gasteiger partial charge < -0.3 is 19.9 Å². The minimum absolute atomic E-state index is 0.0234. The number of esters is 1. The van der Waals surface area contributed by atoms with Gasteiger partial charge in [-0.1, -0.05) is 78.9 Å². The molecule has 0 saturated carbocycles. The minimum atomic E-state index is -1.13. The van der Waals surface area contributed by atoms with Crippen molar-refractivity contribution in [1.29, 1.82) is 0 Å². The van der Waals surface area contributed by atoms with E-state index in [0.29, 0.717) is 0 Å². The first-order valence-electron chi connectivity index (χ1n) is 11.1. The van der Waals surface area contributed by atoms with Gasteiger partial charge >= 0.3 is 18.0 Å². The molecule has 0 fully saturated rings. The van der Waals surface area contributed by atoms with Crippen LogP contribution in [0.3, 0.4) is 0 Å². The van der Waals surface area contributed by atoms with E-state index < -0.39 is 24.1 Å². The average molecular weight is 459 g/mol. The topological polar surface area (TPSA) is 102 Å². The Kier molecular flexibility index (Phi) is 7.22. The number of ether oxygens (including phenoxy) is 2. The lowest BCUT2D eigenvalue weighted by Crippen LogP contribution is -2.42. The molecule has 7 heteroatoms. The van der Waals surface area contributed by atoms with E-state index in [1.165, 1.54) is 0 Å². The van der Waals surface area contributed by atoms with Crippen LogP contribution in [0.4, 0.5) is 4.79 Å². The van der Waals surface area contributed by atoms with Crippen molar-refractivity contribution >= 4 is 18.0 Å². The highest BCUT2D eigenvalue weighted by molar-refractivity contribution is 5.82. The number of carboxylic acid groups (broad SMARTS) is 1. The summed E-state index contributed by atoms with van der Waals surface area (Å²) in [5.41, 5.74) is 5.14. The van der Waals surface area contributed by atoms with Gasteiger partial charge in [-0.05, 0) is 34.2 Å². The van der Waals surface area contributed by atoms with Crippen LogP contribution >= 0.6 is 0 Å². The number of benzene rings is 3. The molecule has 3 aromatic rings. The molecule has 4 rings (SSSR count). The third-order valence-electron chi connectivity index (χ3n) is 5.79. The van der Waals surface area contributed by atoms with Gasteiger partial charge in [0.2, 0.25) is 0 Å². The normalized spacial score (nSPS) is 12.8. The molecule has 7 nitrogen and oxygen atoms in total. The molecule has 0 aromatic heterocycles. The fourth-order valence-electron chi connectivity index (χ4n) is 4.13. The summed E-state index contributed by atoms with van der Waals surface area (Å²) in [6.45, 7) is 0.111. The first-order valence-corrected chi connectivity index (χ1v) is 11.1. The highest BCUT2D eigenvalue weighted by Gasteiger charge is 2.30. The van der Waals surface area contributed by atoms with Crippen LogP contribution in [0, 0.1) is 0 Å². The monoisotopic (exact) mass is 459 g/mol. The molecule has 174 valence electrons. The van der Waals surface area contributed by atoms with Gasteiger partial charge in [0.15, 0.2) is 0 Å². The van der Waals surface area contributed by atoms with Gasteiger partial charge in [-0.25, -0.2) is 9.59 Å². The summed E-state index contributed by atoms with van der Waals surface area (Å²) in [7, 11) is 0. The van der Waals surface area contributed by atoms with Crippen molar-refractivity contribution in [3.63, 3.8) is 0 Å². The SMILES string of the molecule is O=C(O)CC[C@@H](NC(=O)OCC1c2ccccc2-c2ccccc21)C(=O)OCc1ccccc1. The van der Waals surface area contributed by atoms with E-state index in [0.717, 1.165) is 27.8 Å². The standard InChI is InChI=1S/C27H25NO6/c29-25(30)15-14-24(26(31)33-16-18-8-2-1-3-9-18)28-27(32)34-17-23-21-12-6-4-10-19(21)20-11-5-7-13-22(20)23/h1-13,23-24H,14-17H2,(H,28,32)(H,29,30)/t24-/m1/s1. The number of carbonyl (C=O) groups is 3. The molecule has 0 bridgehead atoms. The second-order valence-corrected chi connectivity index (χ2v) is 8.05. The molecule has 0 unspecified atom stereocenters. The number of nitrogens with one attached hydrogen (secondary N) is 1. The minimum Gasteiger partial charge on any atom is -0.481 e. The predicted molar refractivity (Wildman–Crippen MR) is 125 cm³/mol. The number of fused-ring (bicyclic) bond motifs is 3. The van der Waals surface area contributed by atoms with Crippen LogP contribution in [0.2, 0.25) is 0 Å². The Labute approximate surface area is 197 Å². The van der Waals surface area contributed by atoms with Crippen molar-refractivity contribution in [3.8, 4) is 11.1 Å². The number of carboxylic acids is 1. The van der Waals surface area contributed by atoms with Gasteiger partial charge in [-0.2, -0.15) is 0 Å². The Hall–Kier alpha value is -4.13. The summed E-state index contributed by atoms with van der Waals surface area (Å²) < 4.78 is 10.8. The molecule has 0 saturated heterocycles. The summed E-state index contributed by atoms with van der Waals surface area (Å²) in [4.78, 5) is 36.2. The first kappa shape index (κ1) is 23.0. The Morgan fingerprint density at radius 1 is 0.824 bits per heavy atom. The zero-order valence-electron chi connectivity index (χ0n) is 18.5. The number of hydrogen-bond donors (Lipinski definition) is 2. The van der Waals surface area contributed by atoms with E-state index in [9.17, 15) is 14.4 Å². The summed E-state index contributed by atoms with van der Waals surface area (Å²) in [6.07, 6.45) is -1.20. The maximum absolute atomic E-state index is 12.6. The Morgan fingerprint density at radius 2 is 1.41 bits per heavy atom. The Bertz CT molecular complexity index is 1130. The van der Waals surface area contributed by atoms with Crippen molar-refractivity contribution in [3.05, 3.63) is 95.6 Å². The molecular weight excluding hydrogens is 434 g/mol. The number of hydrogen-bond acceptors (Lipinski definition) is 5. The van der Waals surface area contributed by atoms with Gasteiger partial charge in [0, 0.05) is 12.3 Å². The lowest BCUT2D eigenvalue weighted by atomic mass is 9.98. The quantitative estimate of drug-likeness (QED) is 0.457. The zero-order chi connectivity index (χ0) is 23.9. The van der Waals surface area contributed by atoms with Crippen LogP contribution in [-0.4, -0.2) is 35.8 Å². The van der Waals surface area contributed by atoms with Crippen LogP contribution in [-0.2, 0) is 25.7 Å². The molecule has 0 radical (unpaired) electrons. The summed E-state index contributed by atoms with van der Waals surface area (Å²) in [5.74, 6) is -1.91. The van der Waals surface area contributed by atoms with Crippen LogP contribution in [0.1, 0.15) is 35.4 Å². The van der Waals surface area contributed by atoms with E-state index in [-0.39, 0.29) is 32.0 Å².